The average Bonchev–Trinajstić information content (AvgIpc) is 3.43. The topological polar surface area (TPSA) is 115 Å². The van der Waals surface area contributed by atoms with E-state index in [1.165, 1.54) is 10.7 Å². The number of aryl methyl sites for hydroxylation is 1. The molecule has 0 unspecified atom stereocenters. The lowest BCUT2D eigenvalue weighted by molar-refractivity contribution is 0.0910. The van der Waals surface area contributed by atoms with Gasteiger partial charge >= 0.3 is 0 Å². The molecule has 3 heterocycles. The van der Waals surface area contributed by atoms with E-state index in [9.17, 15) is 9.59 Å². The first-order chi connectivity index (χ1) is 14.6. The van der Waals surface area contributed by atoms with Crippen LogP contribution in [0.2, 0.25) is 0 Å². The summed E-state index contributed by atoms with van der Waals surface area (Å²) in [6.07, 6.45) is 6.91. The molecule has 3 aromatic rings. The molecular formula is C21H24N6O3. The summed E-state index contributed by atoms with van der Waals surface area (Å²) < 4.78 is 6.38. The van der Waals surface area contributed by atoms with Gasteiger partial charge in [-0.25, -0.2) is 4.98 Å². The minimum absolute atomic E-state index is 0.197. The van der Waals surface area contributed by atoms with Crippen LogP contribution in [0.1, 0.15) is 42.4 Å². The zero-order chi connectivity index (χ0) is 20.9. The molecule has 1 aliphatic carbocycles. The highest BCUT2D eigenvalue weighted by Crippen LogP contribution is 2.27. The Kier molecular flexibility index (Phi) is 5.87. The van der Waals surface area contributed by atoms with Crippen molar-refractivity contribution in [1.82, 2.24) is 25.2 Å². The zero-order valence-corrected chi connectivity index (χ0v) is 16.7. The third-order valence-electron chi connectivity index (χ3n) is 5.30. The molecule has 3 aromatic heterocycles. The van der Waals surface area contributed by atoms with Crippen molar-refractivity contribution in [2.75, 3.05) is 11.9 Å². The molecule has 9 nitrogen and oxygen atoms in total. The maximum atomic E-state index is 12.2. The summed E-state index contributed by atoms with van der Waals surface area (Å²) in [5.74, 6) is 1.19. The largest absolute Gasteiger partial charge is 0.367 e. The van der Waals surface area contributed by atoms with Crippen molar-refractivity contribution in [2.24, 2.45) is 5.92 Å². The number of hydrogen-bond acceptors (Lipinski definition) is 7. The van der Waals surface area contributed by atoms with Crippen molar-refractivity contribution in [3.8, 4) is 5.69 Å². The van der Waals surface area contributed by atoms with Gasteiger partial charge in [0.2, 0.25) is 5.76 Å². The average molecular weight is 408 g/mol. The highest BCUT2D eigenvalue weighted by atomic mass is 16.5. The molecule has 9 heteroatoms. The van der Waals surface area contributed by atoms with Crippen LogP contribution >= 0.6 is 0 Å². The lowest BCUT2D eigenvalue weighted by atomic mass is 10.1. The first-order valence-electron chi connectivity index (χ1n) is 10.1. The standard InChI is InChI=1S/C21H24N6O3/c1-2-15-11-18(30-26-15)21(29)23-12-14-5-6-16(10-14)25-19-8-7-17(13-22-19)27-20(28)4-3-9-24-27/h3-4,7-9,11,13-14,16H,2,5-6,10,12H2,1H3,(H,22,25)(H,23,29)/t14-,16+/m0/s1. The number of amides is 1. The summed E-state index contributed by atoms with van der Waals surface area (Å²) in [5, 5.41) is 14.3. The molecule has 4 rings (SSSR count). The van der Waals surface area contributed by atoms with Crippen molar-refractivity contribution in [1.29, 1.82) is 0 Å². The van der Waals surface area contributed by atoms with Crippen molar-refractivity contribution < 1.29 is 9.32 Å². The van der Waals surface area contributed by atoms with Gasteiger partial charge in [-0.3, -0.25) is 9.59 Å². The highest BCUT2D eigenvalue weighted by Gasteiger charge is 2.25. The van der Waals surface area contributed by atoms with Crippen LogP contribution in [0.5, 0.6) is 0 Å². The number of pyridine rings is 1. The number of nitrogens with one attached hydrogen (secondary N) is 2. The van der Waals surface area contributed by atoms with Crippen LogP contribution in [-0.2, 0) is 6.42 Å². The van der Waals surface area contributed by atoms with Gasteiger partial charge < -0.3 is 15.2 Å². The van der Waals surface area contributed by atoms with Crippen molar-refractivity contribution >= 4 is 11.7 Å². The third kappa shape index (κ3) is 4.56. The van der Waals surface area contributed by atoms with E-state index < -0.39 is 0 Å². The quantitative estimate of drug-likeness (QED) is 0.616. The second-order valence-electron chi connectivity index (χ2n) is 7.44. The van der Waals surface area contributed by atoms with Gasteiger partial charge in [-0.2, -0.15) is 9.78 Å². The molecule has 156 valence electrons. The maximum absolute atomic E-state index is 12.2. The van der Waals surface area contributed by atoms with Crippen LogP contribution in [0.3, 0.4) is 0 Å². The fourth-order valence-corrected chi connectivity index (χ4v) is 3.66. The van der Waals surface area contributed by atoms with E-state index >= 15 is 0 Å². The molecule has 2 N–H and O–H groups in total. The summed E-state index contributed by atoms with van der Waals surface area (Å²) in [5.41, 5.74) is 1.20. The van der Waals surface area contributed by atoms with E-state index in [1.807, 2.05) is 19.1 Å². The van der Waals surface area contributed by atoms with E-state index in [4.69, 9.17) is 4.52 Å². The van der Waals surface area contributed by atoms with Crippen LogP contribution in [0.25, 0.3) is 5.69 Å². The smallest absolute Gasteiger partial charge is 0.289 e. The predicted octanol–water partition coefficient (Wildman–Crippen LogP) is 2.19. The van der Waals surface area contributed by atoms with Gasteiger partial charge in [-0.15, -0.1) is 0 Å². The molecule has 2 atom stereocenters. The van der Waals surface area contributed by atoms with Crippen LogP contribution in [-0.4, -0.2) is 38.4 Å². The lowest BCUT2D eigenvalue weighted by Gasteiger charge is -2.14. The van der Waals surface area contributed by atoms with Crippen molar-refractivity contribution in [2.45, 2.75) is 38.6 Å². The van der Waals surface area contributed by atoms with Gasteiger partial charge in [-0.05, 0) is 49.8 Å². The fraction of sp³-hybridized carbons (Fsp3) is 0.381. The highest BCUT2D eigenvalue weighted by molar-refractivity contribution is 5.91. The first kappa shape index (κ1) is 19.8. The van der Waals surface area contributed by atoms with E-state index in [0.29, 0.717) is 24.2 Å². The molecule has 0 saturated heterocycles. The summed E-state index contributed by atoms with van der Waals surface area (Å²) in [6, 6.07) is 8.71. The minimum Gasteiger partial charge on any atom is -0.367 e. The van der Waals surface area contributed by atoms with Crippen LogP contribution in [0.15, 0.2) is 52.0 Å². The van der Waals surface area contributed by atoms with Gasteiger partial charge in [0.05, 0.1) is 17.6 Å². The Labute approximate surface area is 173 Å². The summed E-state index contributed by atoms with van der Waals surface area (Å²) in [4.78, 5) is 28.4. The van der Waals surface area contributed by atoms with E-state index in [0.717, 1.165) is 37.2 Å². The molecule has 1 amide bonds. The SMILES string of the molecule is CCc1cc(C(=O)NC[C@H]2CC[C@@H](Nc3ccc(-n4ncccc4=O)cn3)C2)on1. The Balaban J connectivity index is 1.27. The number of nitrogens with zero attached hydrogens (tertiary/aromatic N) is 4. The molecule has 0 aromatic carbocycles. The summed E-state index contributed by atoms with van der Waals surface area (Å²) >= 11 is 0. The number of carbonyl (C=O) groups excluding carboxylic acids is 1. The molecule has 0 spiro atoms. The Bertz CT molecular complexity index is 1060. The number of anilines is 1. The molecule has 1 aliphatic rings. The minimum atomic E-state index is -0.222. The number of hydrogen-bond donors (Lipinski definition) is 2. The summed E-state index contributed by atoms with van der Waals surface area (Å²) in [7, 11) is 0. The van der Waals surface area contributed by atoms with Crippen LogP contribution < -0.4 is 16.2 Å². The molecule has 1 saturated carbocycles. The van der Waals surface area contributed by atoms with Crippen LogP contribution in [0, 0.1) is 5.92 Å². The predicted molar refractivity (Wildman–Crippen MR) is 111 cm³/mol. The molecule has 0 radical (unpaired) electrons. The molecule has 1 fully saturated rings. The number of carbonyl (C=O) groups is 1. The Hall–Kier alpha value is -3.49. The Morgan fingerprint density at radius 2 is 2.20 bits per heavy atom. The van der Waals surface area contributed by atoms with Gasteiger partial charge in [0.25, 0.3) is 11.5 Å². The summed E-state index contributed by atoms with van der Waals surface area (Å²) in [6.45, 7) is 2.57. The Morgan fingerprint density at radius 1 is 1.30 bits per heavy atom. The second-order valence-corrected chi connectivity index (χ2v) is 7.44. The van der Waals surface area contributed by atoms with Crippen molar-refractivity contribution in [3.63, 3.8) is 0 Å². The maximum Gasteiger partial charge on any atom is 0.289 e. The van der Waals surface area contributed by atoms with Gasteiger partial charge in [0.1, 0.15) is 5.82 Å². The zero-order valence-electron chi connectivity index (χ0n) is 16.7. The van der Waals surface area contributed by atoms with E-state index in [-0.39, 0.29) is 17.2 Å². The van der Waals surface area contributed by atoms with E-state index in [2.05, 4.69) is 25.9 Å². The molecule has 30 heavy (non-hydrogen) atoms. The fourth-order valence-electron chi connectivity index (χ4n) is 3.66. The van der Waals surface area contributed by atoms with Gasteiger partial charge in [0.15, 0.2) is 0 Å². The monoisotopic (exact) mass is 408 g/mol. The molecular weight excluding hydrogens is 384 g/mol. The van der Waals surface area contributed by atoms with E-state index in [1.54, 1.807) is 24.5 Å². The number of rotatable bonds is 7. The normalized spacial score (nSPS) is 18.3. The van der Waals surface area contributed by atoms with Gasteiger partial charge in [0, 0.05) is 30.9 Å². The van der Waals surface area contributed by atoms with Crippen molar-refractivity contribution in [3.05, 3.63) is 64.5 Å². The first-order valence-corrected chi connectivity index (χ1v) is 10.1. The number of aromatic nitrogens is 4. The Morgan fingerprint density at radius 3 is 2.93 bits per heavy atom. The van der Waals surface area contributed by atoms with Crippen LogP contribution in [0.4, 0.5) is 5.82 Å². The lowest BCUT2D eigenvalue weighted by Crippen LogP contribution is -2.28. The molecule has 0 bridgehead atoms. The third-order valence-corrected chi connectivity index (χ3v) is 5.30. The molecule has 0 aliphatic heterocycles. The second kappa shape index (κ2) is 8.89. The van der Waals surface area contributed by atoms with Gasteiger partial charge in [-0.1, -0.05) is 12.1 Å².